The third-order valence-electron chi connectivity index (χ3n) is 2.45. The fraction of sp³-hybridized carbons (Fsp3) is 0.700. The summed E-state index contributed by atoms with van der Waals surface area (Å²) in [4.78, 5) is 4.25. The Balaban J connectivity index is 2.32. The van der Waals surface area contributed by atoms with Gasteiger partial charge in [-0.15, -0.1) is 0 Å². The van der Waals surface area contributed by atoms with E-state index in [0.29, 0.717) is 0 Å². The van der Waals surface area contributed by atoms with Crippen LogP contribution in [0.5, 0.6) is 0 Å². The van der Waals surface area contributed by atoms with Gasteiger partial charge in [-0.05, 0) is 33.2 Å². The second kappa shape index (κ2) is 5.02. The van der Waals surface area contributed by atoms with Crippen molar-refractivity contribution in [3.63, 3.8) is 0 Å². The summed E-state index contributed by atoms with van der Waals surface area (Å²) in [5.41, 5.74) is 7.85. The number of imidazole rings is 1. The van der Waals surface area contributed by atoms with Crippen molar-refractivity contribution in [2.45, 2.75) is 39.7 Å². The molecule has 0 bridgehead atoms. The van der Waals surface area contributed by atoms with Crippen molar-refractivity contribution in [3.8, 4) is 0 Å². The summed E-state index contributed by atoms with van der Waals surface area (Å²) < 4.78 is 2.21. The molecule has 0 fully saturated rings. The topological polar surface area (TPSA) is 43.8 Å². The van der Waals surface area contributed by atoms with Crippen LogP contribution in [0.4, 0.5) is 0 Å². The maximum absolute atomic E-state index is 5.42. The van der Waals surface area contributed by atoms with Crippen LogP contribution in [0.3, 0.4) is 0 Å². The summed E-state index contributed by atoms with van der Waals surface area (Å²) in [5, 5.41) is 0. The zero-order valence-electron chi connectivity index (χ0n) is 8.58. The lowest BCUT2D eigenvalue weighted by molar-refractivity contribution is 0.582. The van der Waals surface area contributed by atoms with Crippen LogP contribution >= 0.6 is 0 Å². The number of nitrogens with zero attached hydrogens (tertiary/aromatic N) is 2. The highest BCUT2D eigenvalue weighted by Crippen LogP contribution is 2.06. The van der Waals surface area contributed by atoms with E-state index in [0.717, 1.165) is 25.2 Å². The minimum atomic E-state index is 0.807. The molecule has 1 aromatic heterocycles. The summed E-state index contributed by atoms with van der Waals surface area (Å²) in [6.07, 6.45) is 5.47. The molecule has 0 aliphatic heterocycles. The fourth-order valence-corrected chi connectivity index (χ4v) is 1.37. The molecule has 0 aromatic carbocycles. The van der Waals surface area contributed by atoms with Crippen LogP contribution in [-0.4, -0.2) is 16.1 Å². The van der Waals surface area contributed by atoms with Gasteiger partial charge in [-0.25, -0.2) is 4.98 Å². The molecule has 0 atom stereocenters. The zero-order chi connectivity index (χ0) is 9.68. The first-order valence-corrected chi connectivity index (χ1v) is 4.94. The van der Waals surface area contributed by atoms with Crippen molar-refractivity contribution in [1.29, 1.82) is 0 Å². The summed E-state index contributed by atoms with van der Waals surface area (Å²) in [5.74, 6) is 0. The Bertz CT molecular complexity index is 253. The molecule has 0 aliphatic rings. The molecule has 0 amide bonds. The van der Waals surface area contributed by atoms with E-state index in [1.54, 1.807) is 0 Å². The van der Waals surface area contributed by atoms with Gasteiger partial charge in [0.15, 0.2) is 0 Å². The zero-order valence-corrected chi connectivity index (χ0v) is 8.58. The highest BCUT2D eigenvalue weighted by atomic mass is 15.0. The Morgan fingerprint density at radius 1 is 1.31 bits per heavy atom. The van der Waals surface area contributed by atoms with E-state index >= 15 is 0 Å². The van der Waals surface area contributed by atoms with E-state index in [1.165, 1.54) is 18.5 Å². The molecule has 0 saturated carbocycles. The van der Waals surface area contributed by atoms with Crippen LogP contribution in [0.25, 0.3) is 0 Å². The SMILES string of the molecule is Cc1ncn(CCCCCN)c1C. The van der Waals surface area contributed by atoms with Crippen LogP contribution in [0.15, 0.2) is 6.33 Å². The number of unbranched alkanes of at least 4 members (excludes halogenated alkanes) is 2. The van der Waals surface area contributed by atoms with Crippen molar-refractivity contribution >= 4 is 0 Å². The molecule has 0 unspecified atom stereocenters. The Hall–Kier alpha value is -0.830. The van der Waals surface area contributed by atoms with Gasteiger partial charge in [0, 0.05) is 12.2 Å². The summed E-state index contributed by atoms with van der Waals surface area (Å²) in [6, 6.07) is 0. The van der Waals surface area contributed by atoms with Crippen molar-refractivity contribution in [2.24, 2.45) is 5.73 Å². The van der Waals surface area contributed by atoms with Crippen molar-refractivity contribution in [3.05, 3.63) is 17.7 Å². The van der Waals surface area contributed by atoms with Gasteiger partial charge >= 0.3 is 0 Å². The highest BCUT2D eigenvalue weighted by Gasteiger charge is 2.00. The standard InChI is InChI=1S/C10H19N3/c1-9-10(2)13(8-12-9)7-5-3-4-6-11/h8H,3-7,11H2,1-2H3. The number of nitrogens with two attached hydrogens (primary N) is 1. The van der Waals surface area contributed by atoms with E-state index in [2.05, 4.69) is 16.5 Å². The summed E-state index contributed by atoms with van der Waals surface area (Å²) in [7, 11) is 0. The Morgan fingerprint density at radius 2 is 2.08 bits per heavy atom. The molecule has 1 rings (SSSR count). The lowest BCUT2D eigenvalue weighted by atomic mass is 10.2. The van der Waals surface area contributed by atoms with Crippen LogP contribution < -0.4 is 5.73 Å². The largest absolute Gasteiger partial charge is 0.335 e. The maximum atomic E-state index is 5.42. The number of hydrogen-bond donors (Lipinski definition) is 1. The van der Waals surface area contributed by atoms with Crippen LogP contribution in [0.2, 0.25) is 0 Å². The molecule has 3 nitrogen and oxygen atoms in total. The number of aryl methyl sites for hydroxylation is 2. The van der Waals surface area contributed by atoms with Gasteiger partial charge in [0.2, 0.25) is 0 Å². The first-order chi connectivity index (χ1) is 6.25. The van der Waals surface area contributed by atoms with Crippen LogP contribution in [0.1, 0.15) is 30.7 Å². The fourth-order valence-electron chi connectivity index (χ4n) is 1.37. The van der Waals surface area contributed by atoms with Crippen LogP contribution in [0, 0.1) is 13.8 Å². The molecule has 0 radical (unpaired) electrons. The molecule has 74 valence electrons. The lowest BCUT2D eigenvalue weighted by Gasteiger charge is -2.04. The van der Waals surface area contributed by atoms with Gasteiger partial charge in [0.25, 0.3) is 0 Å². The molecule has 0 spiro atoms. The third kappa shape index (κ3) is 2.84. The second-order valence-corrected chi connectivity index (χ2v) is 3.46. The quantitative estimate of drug-likeness (QED) is 0.702. The molecular weight excluding hydrogens is 162 g/mol. The second-order valence-electron chi connectivity index (χ2n) is 3.46. The van der Waals surface area contributed by atoms with Gasteiger partial charge < -0.3 is 10.3 Å². The monoisotopic (exact) mass is 181 g/mol. The molecule has 1 heterocycles. The molecular formula is C10H19N3. The van der Waals surface area contributed by atoms with Crippen molar-refractivity contribution < 1.29 is 0 Å². The number of rotatable bonds is 5. The predicted octanol–water partition coefficient (Wildman–Crippen LogP) is 1.63. The maximum Gasteiger partial charge on any atom is 0.0951 e. The first-order valence-electron chi connectivity index (χ1n) is 4.94. The molecule has 0 aliphatic carbocycles. The Morgan fingerprint density at radius 3 is 2.62 bits per heavy atom. The van der Waals surface area contributed by atoms with Gasteiger partial charge in [-0.3, -0.25) is 0 Å². The number of hydrogen-bond acceptors (Lipinski definition) is 2. The number of aromatic nitrogens is 2. The smallest absolute Gasteiger partial charge is 0.0951 e. The van der Waals surface area contributed by atoms with E-state index in [9.17, 15) is 0 Å². The predicted molar refractivity (Wildman–Crippen MR) is 54.6 cm³/mol. The van der Waals surface area contributed by atoms with Gasteiger partial charge in [-0.1, -0.05) is 6.42 Å². The lowest BCUT2D eigenvalue weighted by Crippen LogP contribution is -2.02. The molecule has 13 heavy (non-hydrogen) atoms. The Kier molecular flexibility index (Phi) is 3.96. The van der Waals surface area contributed by atoms with Crippen molar-refractivity contribution in [1.82, 2.24) is 9.55 Å². The van der Waals surface area contributed by atoms with E-state index in [-0.39, 0.29) is 0 Å². The van der Waals surface area contributed by atoms with Gasteiger partial charge in [0.05, 0.1) is 12.0 Å². The molecule has 1 aromatic rings. The molecule has 3 heteroatoms. The highest BCUT2D eigenvalue weighted by molar-refractivity contribution is 5.08. The van der Waals surface area contributed by atoms with Crippen LogP contribution in [-0.2, 0) is 6.54 Å². The third-order valence-corrected chi connectivity index (χ3v) is 2.45. The van der Waals surface area contributed by atoms with E-state index in [4.69, 9.17) is 5.73 Å². The minimum Gasteiger partial charge on any atom is -0.335 e. The van der Waals surface area contributed by atoms with Gasteiger partial charge in [0.1, 0.15) is 0 Å². The van der Waals surface area contributed by atoms with Gasteiger partial charge in [-0.2, -0.15) is 0 Å². The minimum absolute atomic E-state index is 0.807. The average Bonchev–Trinajstić information content (AvgIpc) is 2.43. The molecule has 2 N–H and O–H groups in total. The Labute approximate surface area is 80.0 Å². The normalized spacial score (nSPS) is 10.7. The summed E-state index contributed by atoms with van der Waals surface area (Å²) in [6.45, 7) is 6.05. The summed E-state index contributed by atoms with van der Waals surface area (Å²) >= 11 is 0. The van der Waals surface area contributed by atoms with E-state index in [1.807, 2.05) is 13.3 Å². The molecule has 0 saturated heterocycles. The van der Waals surface area contributed by atoms with E-state index < -0.39 is 0 Å². The van der Waals surface area contributed by atoms with Crippen molar-refractivity contribution in [2.75, 3.05) is 6.54 Å². The average molecular weight is 181 g/mol. The first kappa shape index (κ1) is 10.3.